The molecule has 1 aliphatic rings. The van der Waals surface area contributed by atoms with Gasteiger partial charge in [-0.15, -0.1) is 0 Å². The third-order valence-electron chi connectivity index (χ3n) is 3.85. The molecule has 2 heteroatoms. The van der Waals surface area contributed by atoms with E-state index in [2.05, 4.69) is 47.1 Å². The molecule has 0 radical (unpaired) electrons. The Morgan fingerprint density at radius 3 is 2.11 bits per heavy atom. The van der Waals surface area contributed by atoms with Crippen molar-refractivity contribution in [2.24, 2.45) is 0 Å². The summed E-state index contributed by atoms with van der Waals surface area (Å²) in [5.74, 6) is 0. The first-order valence-corrected chi connectivity index (χ1v) is 7.37. The van der Waals surface area contributed by atoms with Crippen LogP contribution in [0.1, 0.15) is 25.3 Å². The van der Waals surface area contributed by atoms with E-state index in [0.29, 0.717) is 0 Å². The maximum atomic E-state index is 2.61. The number of piperazine rings is 1. The first-order valence-electron chi connectivity index (χ1n) is 7.37. The molecular weight excluding hydrogens is 220 g/mol. The zero-order chi connectivity index (χ0) is 12.6. The first-order chi connectivity index (χ1) is 8.88. The number of nitrogens with zero attached hydrogens (tertiary/aromatic N) is 2. The van der Waals surface area contributed by atoms with Gasteiger partial charge in [-0.2, -0.15) is 0 Å². The van der Waals surface area contributed by atoms with Gasteiger partial charge >= 0.3 is 0 Å². The Morgan fingerprint density at radius 1 is 0.889 bits per heavy atom. The highest BCUT2D eigenvalue weighted by molar-refractivity contribution is 5.14. The Hall–Kier alpha value is -0.860. The number of unbranched alkanes of at least 4 members (excludes halogenated alkanes) is 1. The largest absolute Gasteiger partial charge is 0.301 e. The molecule has 0 spiro atoms. The zero-order valence-electron chi connectivity index (χ0n) is 11.6. The Balaban J connectivity index is 1.65. The summed E-state index contributed by atoms with van der Waals surface area (Å²) < 4.78 is 0. The molecule has 1 fully saturated rings. The standard InChI is InChI=1S/C16H26N2/c1-2-3-10-17-12-14-18(15-13-17)11-9-16-7-5-4-6-8-16/h4-8H,2-3,9-15H2,1H3. The highest BCUT2D eigenvalue weighted by Gasteiger charge is 2.15. The van der Waals surface area contributed by atoms with Gasteiger partial charge in [-0.25, -0.2) is 0 Å². The van der Waals surface area contributed by atoms with Crippen molar-refractivity contribution in [2.75, 3.05) is 39.3 Å². The maximum Gasteiger partial charge on any atom is 0.0110 e. The minimum Gasteiger partial charge on any atom is -0.301 e. The van der Waals surface area contributed by atoms with Gasteiger partial charge in [0.05, 0.1) is 0 Å². The summed E-state index contributed by atoms with van der Waals surface area (Å²) in [6.07, 6.45) is 3.86. The van der Waals surface area contributed by atoms with E-state index in [1.165, 1.54) is 64.1 Å². The van der Waals surface area contributed by atoms with Crippen molar-refractivity contribution in [1.29, 1.82) is 0 Å². The molecular formula is C16H26N2. The fourth-order valence-electron chi connectivity index (χ4n) is 2.55. The molecule has 1 aliphatic heterocycles. The fraction of sp³-hybridized carbons (Fsp3) is 0.625. The summed E-state index contributed by atoms with van der Waals surface area (Å²) >= 11 is 0. The Morgan fingerprint density at radius 2 is 1.50 bits per heavy atom. The molecule has 0 aliphatic carbocycles. The monoisotopic (exact) mass is 246 g/mol. The van der Waals surface area contributed by atoms with E-state index in [-0.39, 0.29) is 0 Å². The second-order valence-electron chi connectivity index (χ2n) is 5.27. The number of hydrogen-bond acceptors (Lipinski definition) is 2. The summed E-state index contributed by atoms with van der Waals surface area (Å²) in [6, 6.07) is 10.8. The molecule has 0 atom stereocenters. The molecule has 1 heterocycles. The predicted octanol–water partition coefficient (Wildman–Crippen LogP) is 2.65. The third kappa shape index (κ3) is 4.43. The van der Waals surface area contributed by atoms with Gasteiger partial charge in [-0.3, -0.25) is 0 Å². The lowest BCUT2D eigenvalue weighted by molar-refractivity contribution is 0.132. The molecule has 0 unspecified atom stereocenters. The quantitative estimate of drug-likeness (QED) is 0.761. The van der Waals surface area contributed by atoms with E-state index in [4.69, 9.17) is 0 Å². The van der Waals surface area contributed by atoms with E-state index in [0.717, 1.165) is 0 Å². The van der Waals surface area contributed by atoms with Gasteiger partial charge in [0.15, 0.2) is 0 Å². The molecule has 100 valence electrons. The molecule has 0 N–H and O–H groups in total. The van der Waals surface area contributed by atoms with Gasteiger partial charge in [0.25, 0.3) is 0 Å². The lowest BCUT2D eigenvalue weighted by Gasteiger charge is -2.34. The highest BCUT2D eigenvalue weighted by atomic mass is 15.3. The van der Waals surface area contributed by atoms with Crippen LogP contribution in [-0.4, -0.2) is 49.1 Å². The SMILES string of the molecule is CCCCN1CCN(CCc2ccccc2)CC1. The summed E-state index contributed by atoms with van der Waals surface area (Å²) in [7, 11) is 0. The number of benzene rings is 1. The van der Waals surface area contributed by atoms with Gasteiger partial charge < -0.3 is 9.80 Å². The smallest absolute Gasteiger partial charge is 0.0110 e. The van der Waals surface area contributed by atoms with Crippen LogP contribution >= 0.6 is 0 Å². The van der Waals surface area contributed by atoms with E-state index >= 15 is 0 Å². The van der Waals surface area contributed by atoms with Crippen molar-refractivity contribution < 1.29 is 0 Å². The van der Waals surface area contributed by atoms with Crippen molar-refractivity contribution in [2.45, 2.75) is 26.2 Å². The van der Waals surface area contributed by atoms with Crippen LogP contribution in [0.25, 0.3) is 0 Å². The number of rotatable bonds is 6. The van der Waals surface area contributed by atoms with Crippen LogP contribution < -0.4 is 0 Å². The van der Waals surface area contributed by atoms with E-state index in [9.17, 15) is 0 Å². The lowest BCUT2D eigenvalue weighted by Crippen LogP contribution is -2.47. The van der Waals surface area contributed by atoms with Crippen molar-refractivity contribution in [3.63, 3.8) is 0 Å². The number of hydrogen-bond donors (Lipinski definition) is 0. The van der Waals surface area contributed by atoms with Gasteiger partial charge in [-0.05, 0) is 24.9 Å². The normalized spacial score (nSPS) is 18.1. The Labute approximate surface area is 112 Å². The van der Waals surface area contributed by atoms with Crippen LogP contribution in [0.15, 0.2) is 30.3 Å². The van der Waals surface area contributed by atoms with Crippen molar-refractivity contribution >= 4 is 0 Å². The third-order valence-corrected chi connectivity index (χ3v) is 3.85. The van der Waals surface area contributed by atoms with Crippen LogP contribution in [0.2, 0.25) is 0 Å². The van der Waals surface area contributed by atoms with Crippen LogP contribution in [-0.2, 0) is 6.42 Å². The molecule has 2 nitrogen and oxygen atoms in total. The molecule has 0 aromatic heterocycles. The van der Waals surface area contributed by atoms with E-state index in [1.54, 1.807) is 0 Å². The average molecular weight is 246 g/mol. The van der Waals surface area contributed by atoms with Crippen LogP contribution in [0.3, 0.4) is 0 Å². The summed E-state index contributed by atoms with van der Waals surface area (Å²) in [5.41, 5.74) is 1.46. The fourth-order valence-corrected chi connectivity index (χ4v) is 2.55. The Bertz CT molecular complexity index is 315. The second kappa shape index (κ2) is 7.55. The summed E-state index contributed by atoms with van der Waals surface area (Å²) in [4.78, 5) is 5.22. The molecule has 1 saturated heterocycles. The average Bonchev–Trinajstić information content (AvgIpc) is 2.45. The van der Waals surface area contributed by atoms with Crippen molar-refractivity contribution in [3.05, 3.63) is 35.9 Å². The van der Waals surface area contributed by atoms with Crippen LogP contribution in [0.4, 0.5) is 0 Å². The van der Waals surface area contributed by atoms with Crippen LogP contribution in [0, 0.1) is 0 Å². The molecule has 0 saturated carbocycles. The highest BCUT2D eigenvalue weighted by Crippen LogP contribution is 2.06. The van der Waals surface area contributed by atoms with Gasteiger partial charge in [-0.1, -0.05) is 43.7 Å². The van der Waals surface area contributed by atoms with Gasteiger partial charge in [0, 0.05) is 32.7 Å². The molecule has 18 heavy (non-hydrogen) atoms. The van der Waals surface area contributed by atoms with Crippen LogP contribution in [0.5, 0.6) is 0 Å². The van der Waals surface area contributed by atoms with Gasteiger partial charge in [0.2, 0.25) is 0 Å². The minimum atomic E-state index is 1.19. The maximum absolute atomic E-state index is 2.61. The summed E-state index contributed by atoms with van der Waals surface area (Å²) in [5, 5.41) is 0. The van der Waals surface area contributed by atoms with E-state index in [1.807, 2.05) is 0 Å². The van der Waals surface area contributed by atoms with Crippen molar-refractivity contribution in [1.82, 2.24) is 9.80 Å². The molecule has 0 amide bonds. The minimum absolute atomic E-state index is 1.19. The van der Waals surface area contributed by atoms with E-state index < -0.39 is 0 Å². The molecule has 1 aromatic carbocycles. The van der Waals surface area contributed by atoms with Crippen molar-refractivity contribution in [3.8, 4) is 0 Å². The second-order valence-corrected chi connectivity index (χ2v) is 5.27. The topological polar surface area (TPSA) is 6.48 Å². The molecule has 1 aromatic rings. The zero-order valence-corrected chi connectivity index (χ0v) is 11.6. The lowest BCUT2D eigenvalue weighted by atomic mass is 10.1. The molecule has 2 rings (SSSR count). The first kappa shape index (κ1) is 13.6. The van der Waals surface area contributed by atoms with Gasteiger partial charge in [0.1, 0.15) is 0 Å². The summed E-state index contributed by atoms with van der Waals surface area (Å²) in [6.45, 7) is 9.79. The Kier molecular flexibility index (Phi) is 5.69. The predicted molar refractivity (Wildman–Crippen MR) is 77.9 cm³/mol. The molecule has 0 bridgehead atoms.